The Hall–Kier alpha value is -1.38. The van der Waals surface area contributed by atoms with E-state index in [1.807, 2.05) is 6.07 Å². The number of halogens is 1. The van der Waals surface area contributed by atoms with Gasteiger partial charge < -0.3 is 4.84 Å². The topological polar surface area (TPSA) is 21.6 Å². The first kappa shape index (κ1) is 7.72. The Morgan fingerprint density at radius 3 is 2.55 bits per heavy atom. The van der Waals surface area contributed by atoms with Gasteiger partial charge in [-0.15, -0.1) is 0 Å². The molecule has 3 heteroatoms. The first-order valence-corrected chi connectivity index (χ1v) is 3.16. The first-order chi connectivity index (χ1) is 5.34. The summed E-state index contributed by atoms with van der Waals surface area (Å²) in [6.45, 7) is 0. The molecule has 0 amide bonds. The van der Waals surface area contributed by atoms with E-state index in [2.05, 4.69) is 9.99 Å². The quantitative estimate of drug-likeness (QED) is 0.470. The number of nitrogens with zero attached hydrogens (tertiary/aromatic N) is 1. The second kappa shape index (κ2) is 3.71. The second-order valence-corrected chi connectivity index (χ2v) is 1.93. The highest BCUT2D eigenvalue weighted by atomic mass is 19.1. The molecular formula is C8H8FNO. The van der Waals surface area contributed by atoms with Gasteiger partial charge >= 0.3 is 0 Å². The minimum Gasteiger partial charge on any atom is -0.397 e. The van der Waals surface area contributed by atoms with Crippen LogP contribution in [0.25, 0.3) is 0 Å². The van der Waals surface area contributed by atoms with Gasteiger partial charge in [-0.05, 0) is 0 Å². The van der Waals surface area contributed by atoms with E-state index in [1.165, 1.54) is 7.11 Å². The van der Waals surface area contributed by atoms with E-state index in [0.717, 1.165) is 0 Å². The molecule has 0 aliphatic rings. The normalized spacial score (nSPS) is 11.3. The molecule has 58 valence electrons. The minimum absolute atomic E-state index is 0.425. The van der Waals surface area contributed by atoms with Crippen LogP contribution in [0.4, 0.5) is 4.39 Å². The van der Waals surface area contributed by atoms with E-state index in [9.17, 15) is 4.39 Å². The fourth-order valence-electron chi connectivity index (χ4n) is 0.709. The van der Waals surface area contributed by atoms with Crippen molar-refractivity contribution in [2.75, 3.05) is 7.11 Å². The molecule has 0 spiro atoms. The van der Waals surface area contributed by atoms with Crippen molar-refractivity contribution < 1.29 is 9.23 Å². The summed E-state index contributed by atoms with van der Waals surface area (Å²) in [6, 6.07) is 8.53. The third-order valence-electron chi connectivity index (χ3n) is 1.18. The van der Waals surface area contributed by atoms with E-state index in [-0.39, 0.29) is 0 Å². The Balaban J connectivity index is 2.85. The summed E-state index contributed by atoms with van der Waals surface area (Å²) < 4.78 is 12.8. The van der Waals surface area contributed by atoms with E-state index in [0.29, 0.717) is 5.56 Å². The third-order valence-corrected chi connectivity index (χ3v) is 1.18. The van der Waals surface area contributed by atoms with Crippen LogP contribution in [-0.2, 0) is 4.84 Å². The van der Waals surface area contributed by atoms with Crippen molar-refractivity contribution >= 4 is 5.97 Å². The molecule has 1 aromatic carbocycles. The average molecular weight is 153 g/mol. The van der Waals surface area contributed by atoms with Crippen LogP contribution in [0.2, 0.25) is 0 Å². The van der Waals surface area contributed by atoms with Crippen molar-refractivity contribution in [1.82, 2.24) is 0 Å². The van der Waals surface area contributed by atoms with Gasteiger partial charge in [0, 0.05) is 5.56 Å². The molecule has 2 nitrogen and oxygen atoms in total. The van der Waals surface area contributed by atoms with Gasteiger partial charge in [-0.1, -0.05) is 35.5 Å². The van der Waals surface area contributed by atoms with Gasteiger partial charge in [0.2, 0.25) is 0 Å². The molecule has 0 heterocycles. The minimum atomic E-state index is -0.604. The van der Waals surface area contributed by atoms with E-state index in [1.54, 1.807) is 24.3 Å². The molecule has 0 aromatic heterocycles. The van der Waals surface area contributed by atoms with Crippen molar-refractivity contribution in [1.29, 1.82) is 0 Å². The maximum absolute atomic E-state index is 12.8. The number of benzene rings is 1. The fraction of sp³-hybridized carbons (Fsp3) is 0.125. The second-order valence-electron chi connectivity index (χ2n) is 1.93. The Morgan fingerprint density at radius 2 is 2.00 bits per heavy atom. The van der Waals surface area contributed by atoms with Crippen molar-refractivity contribution in [2.24, 2.45) is 5.16 Å². The summed E-state index contributed by atoms with van der Waals surface area (Å²) in [5, 5.41) is 3.14. The summed E-state index contributed by atoms with van der Waals surface area (Å²) in [7, 11) is 1.31. The highest BCUT2D eigenvalue weighted by molar-refractivity contribution is 5.92. The molecule has 0 unspecified atom stereocenters. The van der Waals surface area contributed by atoms with Gasteiger partial charge in [-0.2, -0.15) is 4.39 Å². The molecule has 0 aliphatic heterocycles. The van der Waals surface area contributed by atoms with Crippen molar-refractivity contribution in [3.63, 3.8) is 0 Å². The molecule has 0 atom stereocenters. The van der Waals surface area contributed by atoms with Gasteiger partial charge in [-0.3, -0.25) is 0 Å². The monoisotopic (exact) mass is 153 g/mol. The van der Waals surface area contributed by atoms with Crippen LogP contribution in [0.3, 0.4) is 0 Å². The van der Waals surface area contributed by atoms with E-state index >= 15 is 0 Å². The molecule has 0 aliphatic carbocycles. The van der Waals surface area contributed by atoms with Gasteiger partial charge in [0.1, 0.15) is 7.11 Å². The summed E-state index contributed by atoms with van der Waals surface area (Å²) in [6.07, 6.45) is 0. The lowest BCUT2D eigenvalue weighted by atomic mass is 10.2. The lowest BCUT2D eigenvalue weighted by Gasteiger charge is -1.93. The first-order valence-electron chi connectivity index (χ1n) is 3.16. The summed E-state index contributed by atoms with van der Waals surface area (Å²) >= 11 is 0. The van der Waals surface area contributed by atoms with Gasteiger partial charge in [0.05, 0.1) is 0 Å². The third kappa shape index (κ3) is 2.04. The van der Waals surface area contributed by atoms with Gasteiger partial charge in [0.15, 0.2) is 0 Å². The number of hydrogen-bond donors (Lipinski definition) is 0. The lowest BCUT2D eigenvalue weighted by molar-refractivity contribution is 0.209. The van der Waals surface area contributed by atoms with E-state index in [4.69, 9.17) is 0 Å². The van der Waals surface area contributed by atoms with Crippen LogP contribution in [0.5, 0.6) is 0 Å². The molecule has 0 saturated carbocycles. The van der Waals surface area contributed by atoms with Crippen molar-refractivity contribution in [3.8, 4) is 0 Å². The Morgan fingerprint density at radius 1 is 1.36 bits per heavy atom. The van der Waals surface area contributed by atoms with E-state index < -0.39 is 5.97 Å². The van der Waals surface area contributed by atoms with Crippen molar-refractivity contribution in [2.45, 2.75) is 0 Å². The molecule has 0 saturated heterocycles. The zero-order valence-electron chi connectivity index (χ0n) is 6.12. The Labute approximate surface area is 64.3 Å². The van der Waals surface area contributed by atoms with Gasteiger partial charge in [0.25, 0.3) is 5.97 Å². The number of hydrogen-bond acceptors (Lipinski definition) is 2. The van der Waals surface area contributed by atoms with Crippen LogP contribution in [0.15, 0.2) is 35.5 Å². The highest BCUT2D eigenvalue weighted by Gasteiger charge is 1.98. The molecular weight excluding hydrogens is 145 g/mol. The maximum Gasteiger partial charge on any atom is 0.256 e. The van der Waals surface area contributed by atoms with Gasteiger partial charge in [-0.25, -0.2) is 0 Å². The largest absolute Gasteiger partial charge is 0.397 e. The maximum atomic E-state index is 12.8. The number of rotatable bonds is 2. The van der Waals surface area contributed by atoms with Crippen LogP contribution in [0, 0.1) is 0 Å². The number of oxime groups is 1. The fourth-order valence-corrected chi connectivity index (χ4v) is 0.709. The summed E-state index contributed by atoms with van der Waals surface area (Å²) in [4.78, 5) is 4.27. The predicted molar refractivity (Wildman–Crippen MR) is 41.1 cm³/mol. The zero-order chi connectivity index (χ0) is 8.10. The molecule has 0 bridgehead atoms. The standard InChI is InChI=1S/C8H8FNO/c1-11-10-8(9)7-5-3-2-4-6-7/h2-6H,1H3/b10-8+. The highest BCUT2D eigenvalue weighted by Crippen LogP contribution is 2.01. The molecule has 0 radical (unpaired) electrons. The van der Waals surface area contributed by atoms with Crippen LogP contribution >= 0.6 is 0 Å². The molecule has 11 heavy (non-hydrogen) atoms. The summed E-state index contributed by atoms with van der Waals surface area (Å²) in [5.74, 6) is -0.604. The van der Waals surface area contributed by atoms with Crippen LogP contribution < -0.4 is 0 Å². The lowest BCUT2D eigenvalue weighted by Crippen LogP contribution is -1.91. The molecule has 0 N–H and O–H groups in total. The summed E-state index contributed by atoms with van der Waals surface area (Å²) in [5.41, 5.74) is 0.425. The van der Waals surface area contributed by atoms with Crippen LogP contribution in [0.1, 0.15) is 5.56 Å². The molecule has 0 fully saturated rings. The van der Waals surface area contributed by atoms with Crippen LogP contribution in [-0.4, -0.2) is 13.1 Å². The van der Waals surface area contributed by atoms with Crippen molar-refractivity contribution in [3.05, 3.63) is 35.9 Å². The SMILES string of the molecule is CO/N=C(/F)c1ccccc1. The predicted octanol–water partition coefficient (Wildman–Crippen LogP) is 1.96. The zero-order valence-corrected chi connectivity index (χ0v) is 6.12. The Kier molecular flexibility index (Phi) is 2.60. The smallest absolute Gasteiger partial charge is 0.256 e. The molecule has 1 rings (SSSR count). The average Bonchev–Trinajstić information content (AvgIpc) is 2.07. The Bertz CT molecular complexity index is 246. The molecule has 1 aromatic rings.